The van der Waals surface area contributed by atoms with Gasteiger partial charge in [-0.15, -0.1) is 0 Å². The lowest BCUT2D eigenvalue weighted by atomic mass is 9.63. The molecule has 0 aromatic carbocycles. The van der Waals surface area contributed by atoms with E-state index in [-0.39, 0.29) is 0 Å². The maximum Gasteiger partial charge on any atom is -0.0280 e. The first kappa shape index (κ1) is 14.0. The molecule has 0 saturated carbocycles. The topological polar surface area (TPSA) is 0 Å². The molecule has 2 atom stereocenters. The van der Waals surface area contributed by atoms with Crippen LogP contribution in [0.4, 0.5) is 0 Å². The number of rotatable bonds is 5. The van der Waals surface area contributed by atoms with E-state index < -0.39 is 0 Å². The third-order valence-electron chi connectivity index (χ3n) is 4.48. The fourth-order valence-electron chi connectivity index (χ4n) is 1.85. The molecular weight excluding hydrogens is 168 g/mol. The van der Waals surface area contributed by atoms with Gasteiger partial charge in [0.2, 0.25) is 0 Å². The average Bonchev–Trinajstić information content (AvgIpc) is 2.11. The fourth-order valence-corrected chi connectivity index (χ4v) is 1.85. The highest BCUT2D eigenvalue weighted by atomic mass is 14.4. The lowest BCUT2D eigenvalue weighted by Crippen LogP contribution is -2.32. The van der Waals surface area contributed by atoms with Crippen molar-refractivity contribution in [2.75, 3.05) is 0 Å². The molecule has 0 saturated heterocycles. The molecule has 0 aromatic heterocycles. The molecule has 0 rings (SSSR count). The van der Waals surface area contributed by atoms with Gasteiger partial charge in [0.1, 0.15) is 0 Å². The van der Waals surface area contributed by atoms with E-state index in [0.717, 1.165) is 5.92 Å². The van der Waals surface area contributed by atoms with Crippen LogP contribution < -0.4 is 0 Å². The summed E-state index contributed by atoms with van der Waals surface area (Å²) in [6, 6.07) is 0. The van der Waals surface area contributed by atoms with E-state index in [4.69, 9.17) is 0 Å². The zero-order valence-electron chi connectivity index (χ0n) is 11.4. The third-order valence-corrected chi connectivity index (χ3v) is 4.48. The molecule has 2 unspecified atom stereocenters. The molecule has 0 heterocycles. The summed E-state index contributed by atoms with van der Waals surface area (Å²) in [7, 11) is 0. The second-order valence-corrected chi connectivity index (χ2v) is 6.22. The van der Waals surface area contributed by atoms with Crippen molar-refractivity contribution in [1.82, 2.24) is 0 Å². The van der Waals surface area contributed by atoms with Gasteiger partial charge >= 0.3 is 0 Å². The molecule has 0 aliphatic rings. The van der Waals surface area contributed by atoms with Crippen molar-refractivity contribution in [3.05, 3.63) is 0 Å². The van der Waals surface area contributed by atoms with Gasteiger partial charge in [-0.1, -0.05) is 67.7 Å². The summed E-state index contributed by atoms with van der Waals surface area (Å²) < 4.78 is 0. The van der Waals surface area contributed by atoms with Crippen molar-refractivity contribution in [3.63, 3.8) is 0 Å². The van der Waals surface area contributed by atoms with Gasteiger partial charge in [0.25, 0.3) is 0 Å². The lowest BCUT2D eigenvalue weighted by Gasteiger charge is -2.42. The van der Waals surface area contributed by atoms with Crippen molar-refractivity contribution < 1.29 is 0 Å². The molecular formula is C14H30. The maximum atomic E-state index is 2.45. The summed E-state index contributed by atoms with van der Waals surface area (Å²) in [6.45, 7) is 16.6. The van der Waals surface area contributed by atoms with E-state index in [0.29, 0.717) is 10.8 Å². The molecule has 0 aromatic rings. The normalized spacial score (nSPS) is 19.1. The second kappa shape index (κ2) is 5.19. The molecule has 0 nitrogen and oxygen atoms in total. The van der Waals surface area contributed by atoms with E-state index in [1.165, 1.54) is 25.7 Å². The van der Waals surface area contributed by atoms with Crippen LogP contribution >= 0.6 is 0 Å². The summed E-state index contributed by atoms with van der Waals surface area (Å²) in [6.07, 6.45) is 5.39. The van der Waals surface area contributed by atoms with E-state index >= 15 is 0 Å². The van der Waals surface area contributed by atoms with Gasteiger partial charge in [-0.3, -0.25) is 0 Å². The molecule has 0 radical (unpaired) electrons. The Balaban J connectivity index is 4.27. The highest BCUT2D eigenvalue weighted by molar-refractivity contribution is 4.85. The van der Waals surface area contributed by atoms with Gasteiger partial charge in [0, 0.05) is 0 Å². The first-order valence-corrected chi connectivity index (χ1v) is 6.27. The van der Waals surface area contributed by atoms with Gasteiger partial charge < -0.3 is 0 Å². The van der Waals surface area contributed by atoms with E-state index in [1.54, 1.807) is 0 Å². The van der Waals surface area contributed by atoms with Crippen LogP contribution in [0.2, 0.25) is 0 Å². The Morgan fingerprint density at radius 1 is 1.00 bits per heavy atom. The van der Waals surface area contributed by atoms with Gasteiger partial charge in [0.05, 0.1) is 0 Å². The Morgan fingerprint density at radius 3 is 1.79 bits per heavy atom. The third kappa shape index (κ3) is 3.63. The van der Waals surface area contributed by atoms with Crippen LogP contribution in [0.3, 0.4) is 0 Å². The fraction of sp³-hybridized carbons (Fsp3) is 1.00. The largest absolute Gasteiger partial charge is 0.0651 e. The molecule has 14 heavy (non-hydrogen) atoms. The predicted molar refractivity (Wildman–Crippen MR) is 66.5 cm³/mol. The Labute approximate surface area is 91.5 Å². The van der Waals surface area contributed by atoms with Gasteiger partial charge in [-0.2, -0.15) is 0 Å². The minimum Gasteiger partial charge on any atom is -0.0651 e. The summed E-state index contributed by atoms with van der Waals surface area (Å²) in [5, 5.41) is 0. The molecule has 0 amide bonds. The van der Waals surface area contributed by atoms with Gasteiger partial charge in [-0.05, 0) is 23.2 Å². The zero-order chi connectivity index (χ0) is 11.4. The average molecular weight is 198 g/mol. The molecule has 0 aliphatic carbocycles. The summed E-state index contributed by atoms with van der Waals surface area (Å²) in [4.78, 5) is 0. The van der Waals surface area contributed by atoms with Crippen LogP contribution in [0.5, 0.6) is 0 Å². The monoisotopic (exact) mass is 198 g/mol. The summed E-state index contributed by atoms with van der Waals surface area (Å²) in [5.74, 6) is 0.892. The van der Waals surface area contributed by atoms with Crippen LogP contribution in [0.25, 0.3) is 0 Å². The Bertz CT molecular complexity index is 152. The Hall–Kier alpha value is 0. The van der Waals surface area contributed by atoms with Crippen LogP contribution in [0.1, 0.15) is 74.1 Å². The van der Waals surface area contributed by atoms with Crippen LogP contribution in [-0.4, -0.2) is 0 Å². The SMILES string of the molecule is CCC(C)CCC(C)(CC)C(C)(C)C. The zero-order valence-corrected chi connectivity index (χ0v) is 11.4. The Kier molecular flexibility index (Phi) is 5.19. The standard InChI is InChI=1S/C14H30/c1-8-12(3)10-11-14(7,9-2)13(4,5)6/h12H,8-11H2,1-7H3. The predicted octanol–water partition coefficient (Wildman–Crippen LogP) is 5.28. The molecule has 0 bridgehead atoms. The lowest BCUT2D eigenvalue weighted by molar-refractivity contribution is 0.0826. The quantitative estimate of drug-likeness (QED) is 0.564. The molecule has 86 valence electrons. The Morgan fingerprint density at radius 2 is 1.50 bits per heavy atom. The van der Waals surface area contributed by atoms with Crippen molar-refractivity contribution in [2.24, 2.45) is 16.7 Å². The summed E-state index contributed by atoms with van der Waals surface area (Å²) in [5.41, 5.74) is 0.950. The van der Waals surface area contributed by atoms with Crippen molar-refractivity contribution in [3.8, 4) is 0 Å². The molecule has 0 fully saturated rings. The van der Waals surface area contributed by atoms with Crippen LogP contribution in [0, 0.1) is 16.7 Å². The molecule has 0 N–H and O–H groups in total. The van der Waals surface area contributed by atoms with Crippen molar-refractivity contribution in [2.45, 2.75) is 74.1 Å². The summed E-state index contributed by atoms with van der Waals surface area (Å²) >= 11 is 0. The first-order chi connectivity index (χ1) is 6.27. The van der Waals surface area contributed by atoms with Crippen molar-refractivity contribution in [1.29, 1.82) is 0 Å². The van der Waals surface area contributed by atoms with Gasteiger partial charge in [0.15, 0.2) is 0 Å². The second-order valence-electron chi connectivity index (χ2n) is 6.22. The van der Waals surface area contributed by atoms with Gasteiger partial charge in [-0.25, -0.2) is 0 Å². The molecule has 0 aliphatic heterocycles. The number of hydrogen-bond acceptors (Lipinski definition) is 0. The maximum absolute atomic E-state index is 2.45. The minimum absolute atomic E-state index is 0.440. The van der Waals surface area contributed by atoms with Crippen molar-refractivity contribution >= 4 is 0 Å². The molecule has 0 spiro atoms. The highest BCUT2D eigenvalue weighted by Gasteiger charge is 2.35. The van der Waals surface area contributed by atoms with E-state index in [9.17, 15) is 0 Å². The highest BCUT2D eigenvalue weighted by Crippen LogP contribution is 2.45. The van der Waals surface area contributed by atoms with E-state index in [1.807, 2.05) is 0 Å². The smallest absolute Gasteiger partial charge is 0.0280 e. The molecule has 0 heteroatoms. The number of hydrogen-bond donors (Lipinski definition) is 0. The minimum atomic E-state index is 0.440. The van der Waals surface area contributed by atoms with Crippen LogP contribution in [0.15, 0.2) is 0 Å². The van der Waals surface area contributed by atoms with Crippen LogP contribution in [-0.2, 0) is 0 Å². The first-order valence-electron chi connectivity index (χ1n) is 6.27. The van der Waals surface area contributed by atoms with E-state index in [2.05, 4.69) is 48.5 Å².